The fourth-order valence-corrected chi connectivity index (χ4v) is 7.81. The van der Waals surface area contributed by atoms with Crippen molar-refractivity contribution in [1.82, 2.24) is 0 Å². The summed E-state index contributed by atoms with van der Waals surface area (Å²) in [6.45, 7) is 3.86. The van der Waals surface area contributed by atoms with Gasteiger partial charge >= 0.3 is 23.7 Å². The maximum absolute atomic E-state index is 13.2. The van der Waals surface area contributed by atoms with Crippen LogP contribution in [0.5, 0.6) is 57.5 Å². The van der Waals surface area contributed by atoms with Crippen LogP contribution in [0.1, 0.15) is 60.6 Å². The van der Waals surface area contributed by atoms with Gasteiger partial charge in [0, 0.05) is 73.2 Å². The number of fused-ring (bicyclic) bond motifs is 8. The first-order valence-corrected chi connectivity index (χ1v) is 17.9. The van der Waals surface area contributed by atoms with Gasteiger partial charge in [0.2, 0.25) is 0 Å². The molecule has 0 spiro atoms. The summed E-state index contributed by atoms with van der Waals surface area (Å²) in [5.41, 5.74) is 2.30. The highest BCUT2D eigenvalue weighted by molar-refractivity contribution is 5.75. The van der Waals surface area contributed by atoms with E-state index in [1.807, 2.05) is 0 Å². The third-order valence-electron chi connectivity index (χ3n) is 10.1. The fourth-order valence-electron chi connectivity index (χ4n) is 7.81. The van der Waals surface area contributed by atoms with Gasteiger partial charge in [-0.25, -0.2) is 0 Å². The summed E-state index contributed by atoms with van der Waals surface area (Å²) in [5.74, 6) is -1.52. The number of ether oxygens (including phenoxy) is 12. The molecule has 0 saturated heterocycles. The molecule has 5 atom stereocenters. The van der Waals surface area contributed by atoms with Gasteiger partial charge in [-0.3, -0.25) is 14.4 Å². The smallest absolute Gasteiger partial charge is 0.316 e. The molecule has 0 saturated carbocycles. The van der Waals surface area contributed by atoms with E-state index in [1.165, 1.54) is 63.4 Å². The second-order valence-corrected chi connectivity index (χ2v) is 13.4. The maximum Gasteiger partial charge on any atom is 0.316 e. The molecule has 0 unspecified atom stereocenters. The zero-order valence-electron chi connectivity index (χ0n) is 32.8. The molecule has 0 fully saturated rings. The van der Waals surface area contributed by atoms with Crippen molar-refractivity contribution < 1.29 is 71.2 Å². The van der Waals surface area contributed by atoms with Crippen molar-refractivity contribution in [2.45, 2.75) is 57.2 Å². The van der Waals surface area contributed by atoms with E-state index in [0.29, 0.717) is 68.1 Å². The zero-order chi connectivity index (χ0) is 40.8. The minimum Gasteiger partial charge on any atom is -0.496 e. The van der Waals surface area contributed by atoms with Crippen molar-refractivity contribution in [3.63, 3.8) is 0 Å². The van der Waals surface area contributed by atoms with E-state index in [1.54, 1.807) is 54.6 Å². The quantitative estimate of drug-likeness (QED) is 0.129. The number of carbonyl (C=O) groups excluding carboxylic acids is 3. The second-order valence-electron chi connectivity index (χ2n) is 13.4. The van der Waals surface area contributed by atoms with Gasteiger partial charge in [0.1, 0.15) is 40.6 Å². The number of rotatable bonds is 11. The molecular weight excluding hydrogens is 744 g/mol. The molecule has 0 N–H and O–H groups in total. The molecule has 3 aliphatic heterocycles. The van der Waals surface area contributed by atoms with Crippen LogP contribution in [0.2, 0.25) is 0 Å². The third-order valence-corrected chi connectivity index (χ3v) is 10.1. The number of esters is 3. The van der Waals surface area contributed by atoms with E-state index >= 15 is 0 Å². The number of methoxy groups -OCH3 is 6. The Morgan fingerprint density at radius 3 is 1.82 bits per heavy atom. The Hall–Kier alpha value is -6.51. The summed E-state index contributed by atoms with van der Waals surface area (Å²) in [6.07, 6.45) is -2.88. The van der Waals surface area contributed by atoms with Crippen LogP contribution in [0.3, 0.4) is 0 Å². The minimum absolute atomic E-state index is 0.0855. The summed E-state index contributed by atoms with van der Waals surface area (Å²) >= 11 is 0. The van der Waals surface area contributed by atoms with Crippen LogP contribution in [-0.4, -0.2) is 72.8 Å². The van der Waals surface area contributed by atoms with Crippen LogP contribution in [-0.2, 0) is 36.1 Å². The largest absolute Gasteiger partial charge is 0.496 e. The van der Waals surface area contributed by atoms with Gasteiger partial charge in [0.15, 0.2) is 35.2 Å². The van der Waals surface area contributed by atoms with Crippen molar-refractivity contribution >= 4 is 17.9 Å². The van der Waals surface area contributed by atoms with Crippen molar-refractivity contribution in [3.05, 3.63) is 82.4 Å². The van der Waals surface area contributed by atoms with E-state index < -0.39 is 47.9 Å². The first-order chi connectivity index (χ1) is 27.4. The molecule has 3 aliphatic rings. The summed E-state index contributed by atoms with van der Waals surface area (Å²) in [4.78, 5) is 38.5. The highest BCUT2D eigenvalue weighted by Crippen LogP contribution is 2.63. The first kappa shape index (κ1) is 38.8. The molecule has 15 heteroatoms. The van der Waals surface area contributed by atoms with Crippen molar-refractivity contribution in [3.8, 4) is 57.5 Å². The van der Waals surface area contributed by atoms with Crippen molar-refractivity contribution in [2.24, 2.45) is 0 Å². The van der Waals surface area contributed by atoms with E-state index in [0.717, 1.165) is 0 Å². The van der Waals surface area contributed by atoms with Gasteiger partial charge in [0.25, 0.3) is 0 Å². The highest BCUT2D eigenvalue weighted by atomic mass is 16.7. The number of carbonyl (C=O) groups is 3. The van der Waals surface area contributed by atoms with Gasteiger partial charge in [-0.05, 0) is 30.3 Å². The molecule has 0 aliphatic carbocycles. The van der Waals surface area contributed by atoms with Gasteiger partial charge in [-0.1, -0.05) is 6.07 Å². The lowest BCUT2D eigenvalue weighted by molar-refractivity contribution is -0.232. The van der Waals surface area contributed by atoms with Gasteiger partial charge in [0.05, 0.1) is 48.6 Å². The predicted octanol–water partition coefficient (Wildman–Crippen LogP) is 5.97. The normalized spacial score (nSPS) is 21.0. The van der Waals surface area contributed by atoms with Crippen LogP contribution in [0, 0.1) is 0 Å². The molecule has 15 nitrogen and oxygen atoms in total. The fraction of sp³-hybridized carbons (Fsp3) is 0.357. The van der Waals surface area contributed by atoms with E-state index in [2.05, 4.69) is 0 Å². The standard InChI is InChI=1S/C42H42O15/c1-20(43)52-32-16-25(46-4)17-33-36(32)38-37-34(57-42(56-33,41(38)54-22(3)45)24-11-13-28(48-6)31(15-24)51-9)19-29(49-7)26-18-35(53-21(2)44)39(55-40(26)37)23-10-12-27(47-5)30(14-23)50-8/h10-17,19,35,38-39,41H,18H2,1-9H3/t35-,38+,39-,41+,42-/m1/s1. The molecule has 300 valence electrons. The average molecular weight is 787 g/mol. The minimum atomic E-state index is -1.90. The third kappa shape index (κ3) is 6.66. The summed E-state index contributed by atoms with van der Waals surface area (Å²) in [5, 5.41) is 0. The first-order valence-electron chi connectivity index (χ1n) is 17.9. The lowest BCUT2D eigenvalue weighted by atomic mass is 9.74. The Bertz CT molecular complexity index is 2250. The van der Waals surface area contributed by atoms with Gasteiger partial charge in [-0.2, -0.15) is 0 Å². The van der Waals surface area contributed by atoms with Crippen LogP contribution < -0.4 is 47.4 Å². The van der Waals surface area contributed by atoms with Crippen LogP contribution >= 0.6 is 0 Å². The molecule has 3 heterocycles. The van der Waals surface area contributed by atoms with E-state index in [9.17, 15) is 14.4 Å². The maximum atomic E-state index is 13.2. The highest BCUT2D eigenvalue weighted by Gasteiger charge is 2.63. The van der Waals surface area contributed by atoms with Crippen molar-refractivity contribution in [2.75, 3.05) is 42.7 Å². The Kier molecular flexibility index (Phi) is 10.3. The van der Waals surface area contributed by atoms with Gasteiger partial charge < -0.3 is 56.8 Å². The summed E-state index contributed by atoms with van der Waals surface area (Å²) < 4.78 is 72.7. The lowest BCUT2D eigenvalue weighted by Gasteiger charge is -2.51. The topological polar surface area (TPSA) is 162 Å². The van der Waals surface area contributed by atoms with Gasteiger partial charge in [-0.15, -0.1) is 0 Å². The number of hydrogen-bond donors (Lipinski definition) is 0. The van der Waals surface area contributed by atoms with Crippen LogP contribution in [0.25, 0.3) is 0 Å². The second kappa shape index (κ2) is 15.2. The monoisotopic (exact) mass is 786 g/mol. The molecule has 0 aromatic heterocycles. The Morgan fingerprint density at radius 1 is 0.614 bits per heavy atom. The molecule has 57 heavy (non-hydrogen) atoms. The molecule has 7 rings (SSSR count). The summed E-state index contributed by atoms with van der Waals surface area (Å²) in [6, 6.07) is 15.2. The molecule has 2 bridgehead atoms. The average Bonchev–Trinajstić information content (AvgIpc) is 3.19. The van der Waals surface area contributed by atoms with Crippen LogP contribution in [0.15, 0.2) is 54.6 Å². The zero-order valence-corrected chi connectivity index (χ0v) is 32.8. The number of hydrogen-bond acceptors (Lipinski definition) is 15. The van der Waals surface area contributed by atoms with E-state index in [4.69, 9.17) is 56.8 Å². The number of benzene rings is 4. The summed E-state index contributed by atoms with van der Waals surface area (Å²) in [7, 11) is 8.99. The Balaban J connectivity index is 1.56. The lowest BCUT2D eigenvalue weighted by Crippen LogP contribution is -2.59. The molecule has 0 amide bonds. The predicted molar refractivity (Wildman–Crippen MR) is 199 cm³/mol. The Morgan fingerprint density at radius 2 is 1.23 bits per heavy atom. The van der Waals surface area contributed by atoms with Crippen molar-refractivity contribution in [1.29, 1.82) is 0 Å². The molecular formula is C42H42O15. The van der Waals surface area contributed by atoms with Crippen LogP contribution in [0.4, 0.5) is 0 Å². The SMILES string of the molecule is COc1cc(OC(C)=O)c2c(c1)O[C@]1(c3ccc(OC)c(OC)c3)Oc3cc(OC)c4c(c3[C@H]2[C@@H]1OC(C)=O)O[C@H](c1ccc(OC)c(OC)c1)[C@H](OC(C)=O)C4. The molecule has 0 radical (unpaired) electrons. The Labute approximate surface area is 328 Å². The molecule has 4 aromatic rings. The molecule has 4 aromatic carbocycles. The van der Waals surface area contributed by atoms with E-state index in [-0.39, 0.29) is 23.7 Å².